The minimum absolute atomic E-state index is 0.0717. The van der Waals surface area contributed by atoms with E-state index >= 15 is 0 Å². The fourth-order valence-corrected chi connectivity index (χ4v) is 3.11. The lowest BCUT2D eigenvalue weighted by atomic mass is 9.99. The van der Waals surface area contributed by atoms with Gasteiger partial charge in [-0.05, 0) is 44.0 Å². The van der Waals surface area contributed by atoms with Crippen LogP contribution in [-0.4, -0.2) is 49.6 Å². The lowest BCUT2D eigenvalue weighted by Crippen LogP contribution is -2.49. The van der Waals surface area contributed by atoms with E-state index in [-0.39, 0.29) is 5.91 Å². The van der Waals surface area contributed by atoms with Gasteiger partial charge in [-0.15, -0.1) is 0 Å². The Labute approximate surface area is 120 Å². The van der Waals surface area contributed by atoms with Gasteiger partial charge in [0.25, 0.3) is 5.91 Å². The third-order valence-electron chi connectivity index (χ3n) is 4.42. The number of carbonyl (C=O) groups is 1. The van der Waals surface area contributed by atoms with E-state index in [2.05, 4.69) is 41.1 Å². The Kier molecular flexibility index (Phi) is 3.66. The van der Waals surface area contributed by atoms with E-state index in [0.717, 1.165) is 44.7 Å². The third kappa shape index (κ3) is 2.52. The van der Waals surface area contributed by atoms with Crippen molar-refractivity contribution in [1.82, 2.24) is 10.2 Å². The van der Waals surface area contributed by atoms with E-state index in [1.165, 1.54) is 11.3 Å². The van der Waals surface area contributed by atoms with Crippen LogP contribution in [0.5, 0.6) is 0 Å². The van der Waals surface area contributed by atoms with E-state index in [1.54, 1.807) is 0 Å². The number of fused-ring (bicyclic) bond motifs is 1. The first kappa shape index (κ1) is 13.4. The summed E-state index contributed by atoms with van der Waals surface area (Å²) in [6.07, 6.45) is 0.945. The van der Waals surface area contributed by atoms with Gasteiger partial charge in [-0.3, -0.25) is 9.69 Å². The van der Waals surface area contributed by atoms with Gasteiger partial charge < -0.3 is 10.2 Å². The molecule has 0 saturated carbocycles. The molecule has 20 heavy (non-hydrogen) atoms. The third-order valence-corrected chi connectivity index (χ3v) is 4.42. The van der Waals surface area contributed by atoms with Crippen LogP contribution in [0, 0.1) is 0 Å². The van der Waals surface area contributed by atoms with Crippen molar-refractivity contribution in [3.63, 3.8) is 0 Å². The van der Waals surface area contributed by atoms with Crippen molar-refractivity contribution in [3.8, 4) is 0 Å². The zero-order valence-electron chi connectivity index (χ0n) is 12.4. The molecule has 0 radical (unpaired) electrons. The van der Waals surface area contributed by atoms with Crippen LogP contribution in [0.3, 0.4) is 0 Å². The highest BCUT2D eigenvalue weighted by molar-refractivity contribution is 5.97. The maximum Gasteiger partial charge on any atom is 0.251 e. The maximum atomic E-state index is 11.8. The molecule has 2 aliphatic heterocycles. The molecule has 0 aliphatic carbocycles. The van der Waals surface area contributed by atoms with E-state index in [1.807, 2.05) is 6.07 Å². The lowest BCUT2D eigenvalue weighted by molar-refractivity contribution is 0.0946. The van der Waals surface area contributed by atoms with Crippen LogP contribution in [0.25, 0.3) is 0 Å². The lowest BCUT2D eigenvalue weighted by Gasteiger charge is -2.38. The van der Waals surface area contributed by atoms with Gasteiger partial charge in [-0.1, -0.05) is 0 Å². The van der Waals surface area contributed by atoms with Gasteiger partial charge in [0, 0.05) is 50.0 Å². The number of carbonyl (C=O) groups excluding carboxylic acids is 1. The fourth-order valence-electron chi connectivity index (χ4n) is 3.11. The molecule has 1 saturated heterocycles. The van der Waals surface area contributed by atoms with E-state index in [0.29, 0.717) is 6.04 Å². The summed E-state index contributed by atoms with van der Waals surface area (Å²) in [5.74, 6) is 0.0717. The Balaban J connectivity index is 1.74. The van der Waals surface area contributed by atoms with Crippen molar-refractivity contribution in [1.29, 1.82) is 0 Å². The zero-order valence-corrected chi connectivity index (χ0v) is 12.4. The number of benzene rings is 1. The van der Waals surface area contributed by atoms with Gasteiger partial charge in [0.2, 0.25) is 0 Å². The first-order valence-electron chi connectivity index (χ1n) is 7.55. The molecule has 0 bridgehead atoms. The molecule has 108 valence electrons. The van der Waals surface area contributed by atoms with Crippen molar-refractivity contribution in [2.45, 2.75) is 26.3 Å². The Bertz CT molecular complexity index is 504. The second-order valence-corrected chi connectivity index (χ2v) is 5.96. The van der Waals surface area contributed by atoms with Gasteiger partial charge in [-0.2, -0.15) is 0 Å². The Hall–Kier alpha value is -1.55. The molecular formula is C16H23N3O. The van der Waals surface area contributed by atoms with Crippen LogP contribution in [0.1, 0.15) is 29.8 Å². The van der Waals surface area contributed by atoms with Gasteiger partial charge >= 0.3 is 0 Å². The molecule has 4 nitrogen and oxygen atoms in total. The average molecular weight is 273 g/mol. The molecule has 2 aliphatic rings. The molecule has 2 heterocycles. The number of nitrogens with zero attached hydrogens (tertiary/aromatic N) is 2. The van der Waals surface area contributed by atoms with Crippen LogP contribution in [0.2, 0.25) is 0 Å². The first-order chi connectivity index (χ1) is 9.65. The first-order valence-corrected chi connectivity index (χ1v) is 7.55. The van der Waals surface area contributed by atoms with Gasteiger partial charge in [-0.25, -0.2) is 0 Å². The predicted octanol–water partition coefficient (Wildman–Crippen LogP) is 1.50. The van der Waals surface area contributed by atoms with Crippen molar-refractivity contribution < 1.29 is 4.79 Å². The molecule has 0 spiro atoms. The Morgan fingerprint density at radius 3 is 2.60 bits per heavy atom. The van der Waals surface area contributed by atoms with Crippen LogP contribution in [0.4, 0.5) is 5.69 Å². The van der Waals surface area contributed by atoms with E-state index < -0.39 is 0 Å². The molecule has 1 N–H and O–H groups in total. The Morgan fingerprint density at radius 2 is 1.90 bits per heavy atom. The zero-order chi connectivity index (χ0) is 14.1. The highest BCUT2D eigenvalue weighted by Gasteiger charge is 2.21. The number of hydrogen-bond donors (Lipinski definition) is 1. The monoisotopic (exact) mass is 273 g/mol. The van der Waals surface area contributed by atoms with Crippen LogP contribution in [-0.2, 0) is 6.42 Å². The number of piperazine rings is 1. The molecule has 1 amide bonds. The summed E-state index contributed by atoms with van der Waals surface area (Å²) in [5.41, 5.74) is 3.31. The summed E-state index contributed by atoms with van der Waals surface area (Å²) in [5, 5.41) is 2.90. The summed E-state index contributed by atoms with van der Waals surface area (Å²) in [4.78, 5) is 16.7. The van der Waals surface area contributed by atoms with Crippen LogP contribution >= 0.6 is 0 Å². The smallest absolute Gasteiger partial charge is 0.251 e. The quantitative estimate of drug-likeness (QED) is 0.887. The number of nitrogens with one attached hydrogen (secondary N) is 1. The SMILES string of the molecule is CC(C)N1CCN(c2ccc3c(c2)CCNC3=O)CC1. The van der Waals surface area contributed by atoms with Crippen LogP contribution in [0.15, 0.2) is 18.2 Å². The fraction of sp³-hybridized carbons (Fsp3) is 0.562. The highest BCUT2D eigenvalue weighted by atomic mass is 16.1. The molecule has 0 aromatic heterocycles. The van der Waals surface area contributed by atoms with Crippen molar-refractivity contribution >= 4 is 11.6 Å². The predicted molar refractivity (Wildman–Crippen MR) is 81.4 cm³/mol. The van der Waals surface area contributed by atoms with E-state index in [9.17, 15) is 4.79 Å². The van der Waals surface area contributed by atoms with Crippen molar-refractivity contribution in [3.05, 3.63) is 29.3 Å². The Morgan fingerprint density at radius 1 is 1.15 bits per heavy atom. The average Bonchev–Trinajstić information content (AvgIpc) is 2.47. The summed E-state index contributed by atoms with van der Waals surface area (Å²) in [6, 6.07) is 6.91. The maximum absolute atomic E-state index is 11.8. The molecule has 4 heteroatoms. The normalized spacial score (nSPS) is 19.9. The topological polar surface area (TPSA) is 35.6 Å². The minimum Gasteiger partial charge on any atom is -0.369 e. The van der Waals surface area contributed by atoms with Crippen molar-refractivity contribution in [2.24, 2.45) is 0 Å². The van der Waals surface area contributed by atoms with Crippen molar-refractivity contribution in [2.75, 3.05) is 37.6 Å². The number of anilines is 1. The molecule has 0 atom stereocenters. The number of rotatable bonds is 2. The van der Waals surface area contributed by atoms with Gasteiger partial charge in [0.05, 0.1) is 0 Å². The molecule has 3 rings (SSSR count). The summed E-state index contributed by atoms with van der Waals surface area (Å²) < 4.78 is 0. The molecule has 0 unspecified atom stereocenters. The van der Waals surface area contributed by atoms with Gasteiger partial charge in [0.15, 0.2) is 0 Å². The summed E-state index contributed by atoms with van der Waals surface area (Å²) in [6.45, 7) is 9.66. The summed E-state index contributed by atoms with van der Waals surface area (Å²) in [7, 11) is 0. The molecule has 1 aromatic carbocycles. The summed E-state index contributed by atoms with van der Waals surface area (Å²) >= 11 is 0. The highest BCUT2D eigenvalue weighted by Crippen LogP contribution is 2.23. The van der Waals surface area contributed by atoms with E-state index in [4.69, 9.17) is 0 Å². The molecule has 1 aromatic rings. The second-order valence-electron chi connectivity index (χ2n) is 5.96. The standard InChI is InChI=1S/C16H23N3O/c1-12(2)18-7-9-19(10-8-18)14-3-4-15-13(11-14)5-6-17-16(15)20/h3-4,11-12H,5-10H2,1-2H3,(H,17,20). The molecule has 1 fully saturated rings. The largest absolute Gasteiger partial charge is 0.369 e. The number of hydrogen-bond acceptors (Lipinski definition) is 3. The second kappa shape index (κ2) is 5.44. The molecular weight excluding hydrogens is 250 g/mol. The minimum atomic E-state index is 0.0717. The van der Waals surface area contributed by atoms with Crippen LogP contribution < -0.4 is 10.2 Å². The van der Waals surface area contributed by atoms with Gasteiger partial charge in [0.1, 0.15) is 0 Å². The number of amides is 1.